The Hall–Kier alpha value is -3.48. The standard InChI is InChI=1S/C34H49N5O2/c1-7-10-23(18-31(35)38-36)22-39-28-14-13-27(20-25(28)21-30(39)33(4,5)6)37-32(40)34(16-17-34)26-12-15-29(41-9-3)24(19-26)11-8-2/h12-15,19-21,23H,7-11,16-18,22,36H2,1-6H3,(H2,35,38)(H,37,40). The molecule has 1 unspecified atom stereocenters. The number of rotatable bonds is 13. The van der Waals surface area contributed by atoms with E-state index in [1.165, 1.54) is 11.3 Å². The Labute approximate surface area is 245 Å². The minimum Gasteiger partial charge on any atom is -0.494 e. The Balaban J connectivity index is 1.62. The highest BCUT2D eigenvalue weighted by molar-refractivity contribution is 6.02. The van der Waals surface area contributed by atoms with Gasteiger partial charge in [0.1, 0.15) is 11.6 Å². The van der Waals surface area contributed by atoms with Crippen molar-refractivity contribution in [3.8, 4) is 5.75 Å². The topological polar surface area (TPSA) is 108 Å². The van der Waals surface area contributed by atoms with Crippen LogP contribution in [-0.4, -0.2) is 22.9 Å². The van der Waals surface area contributed by atoms with Gasteiger partial charge in [-0.2, -0.15) is 5.10 Å². The zero-order valence-electron chi connectivity index (χ0n) is 25.8. The van der Waals surface area contributed by atoms with Crippen molar-refractivity contribution in [3.63, 3.8) is 0 Å². The highest BCUT2D eigenvalue weighted by Gasteiger charge is 2.51. The quantitative estimate of drug-likeness (QED) is 0.0907. The van der Waals surface area contributed by atoms with Gasteiger partial charge in [-0.1, -0.05) is 59.6 Å². The summed E-state index contributed by atoms with van der Waals surface area (Å²) < 4.78 is 8.27. The molecule has 1 atom stereocenters. The number of anilines is 1. The third-order valence-corrected chi connectivity index (χ3v) is 8.35. The lowest BCUT2D eigenvalue weighted by molar-refractivity contribution is -0.118. The van der Waals surface area contributed by atoms with E-state index in [4.69, 9.17) is 16.3 Å². The third kappa shape index (κ3) is 6.71. The van der Waals surface area contributed by atoms with Crippen molar-refractivity contribution >= 4 is 28.3 Å². The number of hydrazone groups is 1. The molecule has 7 nitrogen and oxygen atoms in total. The molecular formula is C34H49N5O2. The molecule has 0 spiro atoms. The lowest BCUT2D eigenvalue weighted by Gasteiger charge is -2.25. The molecule has 1 amide bonds. The number of nitrogens with zero attached hydrogens (tertiary/aromatic N) is 2. The van der Waals surface area contributed by atoms with Crippen molar-refractivity contribution in [2.45, 2.75) is 104 Å². The molecule has 1 fully saturated rings. The summed E-state index contributed by atoms with van der Waals surface area (Å²) in [5.74, 6) is 7.29. The van der Waals surface area contributed by atoms with Crippen molar-refractivity contribution < 1.29 is 9.53 Å². The number of aryl methyl sites for hydroxylation is 1. The number of hydrogen-bond donors (Lipinski definition) is 3. The fourth-order valence-corrected chi connectivity index (χ4v) is 6.10. The van der Waals surface area contributed by atoms with Crippen LogP contribution in [0.15, 0.2) is 47.6 Å². The molecule has 1 aliphatic carbocycles. The van der Waals surface area contributed by atoms with E-state index >= 15 is 0 Å². The van der Waals surface area contributed by atoms with E-state index in [9.17, 15) is 4.79 Å². The van der Waals surface area contributed by atoms with Gasteiger partial charge in [0.2, 0.25) is 5.91 Å². The smallest absolute Gasteiger partial charge is 0.235 e. The van der Waals surface area contributed by atoms with E-state index in [0.717, 1.165) is 73.0 Å². The van der Waals surface area contributed by atoms with Gasteiger partial charge in [0, 0.05) is 40.7 Å². The molecule has 3 aromatic rings. The number of nitrogens with one attached hydrogen (secondary N) is 1. The third-order valence-electron chi connectivity index (χ3n) is 8.35. The molecule has 1 aromatic heterocycles. The van der Waals surface area contributed by atoms with Crippen LogP contribution in [0.3, 0.4) is 0 Å². The summed E-state index contributed by atoms with van der Waals surface area (Å²) in [6, 6.07) is 14.9. The molecule has 1 heterocycles. The summed E-state index contributed by atoms with van der Waals surface area (Å²) in [5.41, 5.74) is 11.0. The molecule has 41 heavy (non-hydrogen) atoms. The number of amides is 1. The second kappa shape index (κ2) is 12.6. The van der Waals surface area contributed by atoms with Gasteiger partial charge < -0.3 is 26.2 Å². The van der Waals surface area contributed by atoms with E-state index in [1.807, 2.05) is 19.1 Å². The highest BCUT2D eigenvalue weighted by atomic mass is 16.5. The molecule has 7 heteroatoms. The first-order valence-electron chi connectivity index (χ1n) is 15.3. The van der Waals surface area contributed by atoms with Crippen LogP contribution >= 0.6 is 0 Å². The maximum Gasteiger partial charge on any atom is 0.235 e. The summed E-state index contributed by atoms with van der Waals surface area (Å²) in [6.07, 6.45) is 6.48. The Kier molecular flexibility index (Phi) is 9.35. The number of ether oxygens (including phenoxy) is 1. The zero-order chi connectivity index (χ0) is 29.8. The molecule has 1 saturated carbocycles. The van der Waals surface area contributed by atoms with Gasteiger partial charge in [-0.3, -0.25) is 4.79 Å². The fourth-order valence-electron chi connectivity index (χ4n) is 6.10. The number of hydrogen-bond acceptors (Lipinski definition) is 4. The van der Waals surface area contributed by atoms with Gasteiger partial charge >= 0.3 is 0 Å². The second-order valence-electron chi connectivity index (χ2n) is 12.7. The van der Waals surface area contributed by atoms with Gasteiger partial charge in [0.15, 0.2) is 0 Å². The maximum atomic E-state index is 13.7. The van der Waals surface area contributed by atoms with Crippen LogP contribution in [0.1, 0.15) is 96.9 Å². The van der Waals surface area contributed by atoms with Crippen LogP contribution < -0.4 is 21.6 Å². The minimum absolute atomic E-state index is 0.0470. The Morgan fingerprint density at radius 3 is 2.46 bits per heavy atom. The molecule has 0 saturated heterocycles. The van der Waals surface area contributed by atoms with E-state index in [1.54, 1.807) is 0 Å². The maximum absolute atomic E-state index is 13.7. The average Bonchev–Trinajstić information content (AvgIpc) is 3.66. The van der Waals surface area contributed by atoms with Gasteiger partial charge in [-0.25, -0.2) is 0 Å². The number of nitrogens with two attached hydrogens (primary N) is 2. The van der Waals surface area contributed by atoms with Gasteiger partial charge in [0.25, 0.3) is 0 Å². The van der Waals surface area contributed by atoms with E-state index in [2.05, 4.69) is 79.9 Å². The second-order valence-corrected chi connectivity index (χ2v) is 12.7. The van der Waals surface area contributed by atoms with Gasteiger partial charge in [-0.05, 0) is 80.0 Å². The van der Waals surface area contributed by atoms with Crippen molar-refractivity contribution in [2.24, 2.45) is 22.6 Å². The summed E-state index contributed by atoms with van der Waals surface area (Å²) in [7, 11) is 0. The van der Waals surface area contributed by atoms with E-state index in [-0.39, 0.29) is 11.3 Å². The first-order chi connectivity index (χ1) is 19.6. The SMILES string of the molecule is CCCc1cc(C2(C(=O)Nc3ccc4c(c3)cc(C(C)(C)C)n4CC(CCC)C/C(N)=N/N)CC2)ccc1OCC. The lowest BCUT2D eigenvalue weighted by Crippen LogP contribution is -2.28. The molecule has 0 aliphatic heterocycles. The summed E-state index contributed by atoms with van der Waals surface area (Å²) in [4.78, 5) is 13.7. The number of fused-ring (bicyclic) bond motifs is 1. The zero-order valence-corrected chi connectivity index (χ0v) is 25.8. The molecule has 1 aliphatic rings. The molecule has 4 rings (SSSR count). The van der Waals surface area contributed by atoms with Crippen molar-refractivity contribution in [1.82, 2.24) is 4.57 Å². The van der Waals surface area contributed by atoms with Crippen molar-refractivity contribution in [3.05, 3.63) is 59.3 Å². The summed E-state index contributed by atoms with van der Waals surface area (Å²) >= 11 is 0. The highest BCUT2D eigenvalue weighted by Crippen LogP contribution is 2.50. The fraction of sp³-hybridized carbons (Fsp3) is 0.529. The van der Waals surface area contributed by atoms with E-state index in [0.29, 0.717) is 24.8 Å². The number of amidine groups is 1. The Bertz CT molecular complexity index is 1390. The number of carbonyl (C=O) groups excluding carboxylic acids is 1. The monoisotopic (exact) mass is 559 g/mol. The van der Waals surface area contributed by atoms with Crippen molar-refractivity contribution in [2.75, 3.05) is 11.9 Å². The first kappa shape index (κ1) is 30.5. The predicted octanol–water partition coefficient (Wildman–Crippen LogP) is 7.00. The van der Waals surface area contributed by atoms with Crippen LogP contribution in [0.4, 0.5) is 5.69 Å². The molecular weight excluding hydrogens is 510 g/mol. The molecule has 5 N–H and O–H groups in total. The molecule has 2 aromatic carbocycles. The average molecular weight is 560 g/mol. The van der Waals surface area contributed by atoms with Gasteiger partial charge in [0.05, 0.1) is 12.0 Å². The summed E-state index contributed by atoms with van der Waals surface area (Å²) in [6.45, 7) is 14.6. The van der Waals surface area contributed by atoms with Gasteiger partial charge in [-0.15, -0.1) is 0 Å². The largest absolute Gasteiger partial charge is 0.494 e. The Morgan fingerprint density at radius 1 is 1.10 bits per heavy atom. The molecule has 0 radical (unpaired) electrons. The molecule has 222 valence electrons. The molecule has 0 bridgehead atoms. The number of benzene rings is 2. The van der Waals surface area contributed by atoms with Crippen LogP contribution in [-0.2, 0) is 28.6 Å². The summed E-state index contributed by atoms with van der Waals surface area (Å²) in [5, 5.41) is 8.11. The van der Waals surface area contributed by atoms with Crippen molar-refractivity contribution in [1.29, 1.82) is 0 Å². The van der Waals surface area contributed by atoms with Crippen LogP contribution in [0.25, 0.3) is 10.9 Å². The first-order valence-corrected chi connectivity index (χ1v) is 15.3. The predicted molar refractivity (Wildman–Crippen MR) is 171 cm³/mol. The number of aromatic nitrogens is 1. The van der Waals surface area contributed by atoms with E-state index < -0.39 is 5.41 Å². The van der Waals surface area contributed by atoms with Crippen LogP contribution in [0.5, 0.6) is 5.75 Å². The number of carbonyl (C=O) groups is 1. The minimum atomic E-state index is -0.470. The lowest BCUT2D eigenvalue weighted by atomic mass is 9.91. The van der Waals surface area contributed by atoms with Crippen LogP contribution in [0.2, 0.25) is 0 Å². The normalized spacial score (nSPS) is 15.6. The Morgan fingerprint density at radius 2 is 1.85 bits per heavy atom. The van der Waals surface area contributed by atoms with Crippen LogP contribution in [0, 0.1) is 5.92 Å².